The lowest BCUT2D eigenvalue weighted by Gasteiger charge is -2.32. The number of nitrogens with one attached hydrogen (secondary N) is 1. The molecule has 0 saturated heterocycles. The lowest BCUT2D eigenvalue weighted by molar-refractivity contribution is -0.155. The number of carbonyl (C=O) groups is 2. The number of esters is 1. The van der Waals surface area contributed by atoms with E-state index in [0.29, 0.717) is 47.0 Å². The van der Waals surface area contributed by atoms with Gasteiger partial charge in [0.25, 0.3) is 5.91 Å². The number of ether oxygens (including phenoxy) is 5. The number of rotatable bonds is 16. The number of aliphatic hydroxyl groups is 1. The smallest absolute Gasteiger partial charge is 0.306 e. The fourth-order valence-corrected chi connectivity index (χ4v) is 5.40. The fraction of sp³-hybridized carbons (Fsp3) is 0.417. The maximum absolute atomic E-state index is 14.6. The van der Waals surface area contributed by atoms with Gasteiger partial charge in [-0.2, -0.15) is 0 Å². The summed E-state index contributed by atoms with van der Waals surface area (Å²) in [7, 11) is 3.07. The van der Waals surface area contributed by atoms with Crippen molar-refractivity contribution in [1.29, 1.82) is 0 Å². The summed E-state index contributed by atoms with van der Waals surface area (Å²) in [4.78, 5) is 35.5. The second-order valence-corrected chi connectivity index (χ2v) is 12.3. The second kappa shape index (κ2) is 16.7. The molecule has 0 aromatic heterocycles. The molecule has 2 N–H and O–H groups in total. The Hall–Kier alpha value is -5.26. The van der Waals surface area contributed by atoms with Crippen molar-refractivity contribution in [3.05, 3.63) is 99.4 Å². The van der Waals surface area contributed by atoms with Gasteiger partial charge in [0.1, 0.15) is 11.4 Å². The Morgan fingerprint density at radius 3 is 2.47 bits per heavy atom. The average Bonchev–Trinajstić information content (AvgIpc) is 3.49. The first kappa shape index (κ1) is 36.6. The first-order valence-electron chi connectivity index (χ1n) is 15.9. The number of hydrogen-bond donors (Lipinski definition) is 2. The number of nitrogens with zero attached hydrogens (tertiary/aromatic N) is 4. The van der Waals surface area contributed by atoms with Crippen LogP contribution in [0.2, 0.25) is 0 Å². The molecule has 0 saturated carbocycles. The Kier molecular flexibility index (Phi) is 12.5. The van der Waals surface area contributed by atoms with E-state index in [1.165, 1.54) is 7.11 Å². The fourth-order valence-electron chi connectivity index (χ4n) is 5.40. The Bertz CT molecular complexity index is 1680. The minimum absolute atomic E-state index is 0.0111. The summed E-state index contributed by atoms with van der Waals surface area (Å²) >= 11 is 0. The van der Waals surface area contributed by atoms with Crippen LogP contribution in [0.4, 0.5) is 0 Å². The summed E-state index contributed by atoms with van der Waals surface area (Å²) in [5, 5.41) is 15.9. The number of azide groups is 1. The molecule has 3 aromatic rings. The molecule has 3 aromatic carbocycles. The third-order valence-electron chi connectivity index (χ3n) is 7.70. The van der Waals surface area contributed by atoms with Gasteiger partial charge in [-0.15, -0.1) is 0 Å². The van der Waals surface area contributed by atoms with Gasteiger partial charge in [-0.05, 0) is 85.8 Å². The van der Waals surface area contributed by atoms with Crippen molar-refractivity contribution in [2.45, 2.75) is 70.4 Å². The quantitative estimate of drug-likeness (QED) is 0.0615. The molecule has 0 radical (unpaired) electrons. The van der Waals surface area contributed by atoms with E-state index in [-0.39, 0.29) is 38.4 Å². The van der Waals surface area contributed by atoms with Crippen LogP contribution in [0.3, 0.4) is 0 Å². The van der Waals surface area contributed by atoms with Crippen LogP contribution < -0.4 is 19.5 Å². The van der Waals surface area contributed by atoms with Crippen molar-refractivity contribution in [3.8, 4) is 17.2 Å². The predicted octanol–water partition coefficient (Wildman–Crippen LogP) is 5.97. The summed E-state index contributed by atoms with van der Waals surface area (Å²) in [5.41, 5.74) is 9.28. The molecule has 2 atom stereocenters. The van der Waals surface area contributed by atoms with Crippen LogP contribution in [0.25, 0.3) is 10.4 Å². The van der Waals surface area contributed by atoms with E-state index in [1.807, 2.05) is 6.07 Å². The van der Waals surface area contributed by atoms with Crippen molar-refractivity contribution >= 4 is 17.8 Å². The van der Waals surface area contributed by atoms with Crippen LogP contribution in [0.5, 0.6) is 17.2 Å². The largest absolute Gasteiger partial charge is 0.494 e. The van der Waals surface area contributed by atoms with Crippen LogP contribution >= 0.6 is 0 Å². The number of benzene rings is 3. The lowest BCUT2D eigenvalue weighted by Crippen LogP contribution is -2.48. The van der Waals surface area contributed by atoms with Crippen molar-refractivity contribution in [1.82, 2.24) is 5.32 Å². The van der Waals surface area contributed by atoms with Crippen molar-refractivity contribution in [2.75, 3.05) is 27.4 Å². The van der Waals surface area contributed by atoms with Crippen LogP contribution in [0.1, 0.15) is 68.4 Å². The number of methoxy groups -OCH3 is 2. The number of aliphatic hydroxyl groups excluding tert-OH is 1. The molecule has 49 heavy (non-hydrogen) atoms. The minimum Gasteiger partial charge on any atom is -0.494 e. The molecule has 13 heteroatoms. The Morgan fingerprint density at radius 2 is 1.80 bits per heavy atom. The standard InChI is InChI=1S/C36H43N5O8/c1-35(2,3)49-31(43)17-18-36(34(44)38-22-24-11-16-29(45-4)30(21-24)46-5)32(28-10-7-6-9-26(28)23-39-41-37)48-33(40-36)25-12-14-27(15-13-25)47-20-8-19-42/h6-7,9-16,21,32,42H,8,17-20,22-23H2,1-5H3,(H,38,44)/t32-,36-/m1/s1. The molecule has 0 unspecified atom stereocenters. The zero-order valence-corrected chi connectivity index (χ0v) is 28.5. The van der Waals surface area contributed by atoms with Gasteiger partial charge in [0.05, 0.1) is 27.4 Å². The maximum atomic E-state index is 14.6. The van der Waals surface area contributed by atoms with Gasteiger partial charge in [-0.3, -0.25) is 9.59 Å². The normalized spacial score (nSPS) is 16.9. The first-order valence-corrected chi connectivity index (χ1v) is 15.9. The van der Waals surface area contributed by atoms with Crippen molar-refractivity contribution in [3.63, 3.8) is 0 Å². The summed E-state index contributed by atoms with van der Waals surface area (Å²) in [6.45, 7) is 5.82. The SMILES string of the molecule is COc1ccc(CNC(=O)[C@]2(CCC(=O)OC(C)(C)C)N=C(c3ccc(OCCCO)cc3)O[C@@H]2c2ccccc2CN=[N+]=[N-])cc1OC. The van der Waals surface area contributed by atoms with Crippen molar-refractivity contribution < 1.29 is 38.4 Å². The van der Waals surface area contributed by atoms with E-state index in [1.54, 1.807) is 88.5 Å². The molecule has 0 fully saturated rings. The molecular weight excluding hydrogens is 630 g/mol. The molecule has 1 amide bonds. The summed E-state index contributed by atoms with van der Waals surface area (Å²) in [6, 6.07) is 19.6. The van der Waals surface area contributed by atoms with Gasteiger partial charge in [-0.25, -0.2) is 4.99 Å². The van der Waals surface area contributed by atoms with E-state index < -0.39 is 29.1 Å². The molecule has 0 bridgehead atoms. The van der Waals surface area contributed by atoms with E-state index in [2.05, 4.69) is 15.3 Å². The molecule has 1 aliphatic heterocycles. The molecule has 1 aliphatic rings. The van der Waals surface area contributed by atoms with Crippen LogP contribution in [0.15, 0.2) is 76.8 Å². The highest BCUT2D eigenvalue weighted by atomic mass is 16.6. The predicted molar refractivity (Wildman–Crippen MR) is 182 cm³/mol. The summed E-state index contributed by atoms with van der Waals surface area (Å²) < 4.78 is 28.7. The van der Waals surface area contributed by atoms with Gasteiger partial charge in [0.15, 0.2) is 23.1 Å². The highest BCUT2D eigenvalue weighted by molar-refractivity contribution is 6.01. The topological polar surface area (TPSA) is 174 Å². The van der Waals surface area contributed by atoms with Gasteiger partial charge in [-0.1, -0.05) is 35.4 Å². The van der Waals surface area contributed by atoms with Gasteiger partial charge < -0.3 is 34.1 Å². The molecule has 1 heterocycles. The Morgan fingerprint density at radius 1 is 1.06 bits per heavy atom. The highest BCUT2D eigenvalue weighted by Gasteiger charge is 2.53. The maximum Gasteiger partial charge on any atom is 0.306 e. The number of carbonyl (C=O) groups excluding carboxylic acids is 2. The third-order valence-corrected chi connectivity index (χ3v) is 7.70. The Balaban J connectivity index is 1.79. The number of amides is 1. The molecule has 0 spiro atoms. The lowest BCUT2D eigenvalue weighted by atomic mass is 9.81. The summed E-state index contributed by atoms with van der Waals surface area (Å²) in [6.07, 6.45) is -0.687. The monoisotopic (exact) mass is 673 g/mol. The van der Waals surface area contributed by atoms with Gasteiger partial charge in [0.2, 0.25) is 5.90 Å². The van der Waals surface area contributed by atoms with Gasteiger partial charge >= 0.3 is 5.97 Å². The molecule has 0 aliphatic carbocycles. The van der Waals surface area contributed by atoms with Crippen LogP contribution in [-0.4, -0.2) is 61.5 Å². The minimum atomic E-state index is -1.63. The average molecular weight is 674 g/mol. The van der Waals surface area contributed by atoms with Crippen LogP contribution in [-0.2, 0) is 32.2 Å². The number of aliphatic imine (C=N–C) groups is 1. The highest BCUT2D eigenvalue weighted by Crippen LogP contribution is 2.44. The van der Waals surface area contributed by atoms with E-state index in [4.69, 9.17) is 39.3 Å². The van der Waals surface area contributed by atoms with E-state index in [9.17, 15) is 9.59 Å². The third kappa shape index (κ3) is 9.43. The first-order chi connectivity index (χ1) is 23.5. The molecule has 13 nitrogen and oxygen atoms in total. The second-order valence-electron chi connectivity index (χ2n) is 12.3. The summed E-state index contributed by atoms with van der Waals surface area (Å²) in [5.74, 6) is 0.868. The van der Waals surface area contributed by atoms with Crippen LogP contribution in [0, 0.1) is 0 Å². The molecule has 260 valence electrons. The van der Waals surface area contributed by atoms with E-state index in [0.717, 1.165) is 5.56 Å². The van der Waals surface area contributed by atoms with Gasteiger partial charge in [0, 0.05) is 36.5 Å². The van der Waals surface area contributed by atoms with E-state index >= 15 is 0 Å². The zero-order chi connectivity index (χ0) is 35.4. The van der Waals surface area contributed by atoms with Crippen molar-refractivity contribution in [2.24, 2.45) is 10.1 Å². The molecule has 4 rings (SSSR count). The Labute approximate surface area is 285 Å². The number of hydrogen-bond acceptors (Lipinski definition) is 10. The zero-order valence-electron chi connectivity index (χ0n) is 28.5. The molecular formula is C36H43N5O8.